The normalized spacial score (nSPS) is 18.6. The van der Waals surface area contributed by atoms with Gasteiger partial charge in [-0.2, -0.15) is 0 Å². The molecule has 8 heteroatoms. The molecule has 2 amide bonds. The van der Waals surface area contributed by atoms with E-state index in [1.54, 1.807) is 10.6 Å². The van der Waals surface area contributed by atoms with Crippen LogP contribution in [0.5, 0.6) is 0 Å². The van der Waals surface area contributed by atoms with Crippen LogP contribution < -0.4 is 5.32 Å². The van der Waals surface area contributed by atoms with Gasteiger partial charge in [-0.25, -0.2) is 4.98 Å². The first kappa shape index (κ1) is 19.8. The van der Waals surface area contributed by atoms with Crippen LogP contribution in [0.3, 0.4) is 0 Å². The third-order valence-electron chi connectivity index (χ3n) is 5.66. The Labute approximate surface area is 170 Å². The van der Waals surface area contributed by atoms with Crippen molar-refractivity contribution in [2.24, 2.45) is 0 Å². The molecular formula is C21H29N5O3. The topological polar surface area (TPSA) is 79.2 Å². The van der Waals surface area contributed by atoms with Gasteiger partial charge in [0.1, 0.15) is 0 Å². The zero-order valence-electron chi connectivity index (χ0n) is 16.8. The summed E-state index contributed by atoms with van der Waals surface area (Å²) in [5, 5.41) is 2.95. The van der Waals surface area contributed by atoms with Crippen LogP contribution >= 0.6 is 0 Å². The second-order valence-electron chi connectivity index (χ2n) is 7.66. The highest BCUT2D eigenvalue weighted by molar-refractivity contribution is 6.02. The van der Waals surface area contributed by atoms with Gasteiger partial charge in [-0.1, -0.05) is 18.9 Å². The van der Waals surface area contributed by atoms with Gasteiger partial charge in [0.2, 0.25) is 5.82 Å². The fourth-order valence-electron chi connectivity index (χ4n) is 4.01. The number of morpholine rings is 1. The first-order valence-corrected chi connectivity index (χ1v) is 10.6. The molecular weight excluding hydrogens is 370 g/mol. The van der Waals surface area contributed by atoms with E-state index in [0.29, 0.717) is 17.8 Å². The smallest absolute Gasteiger partial charge is 0.287 e. The average molecular weight is 399 g/mol. The van der Waals surface area contributed by atoms with Crippen molar-refractivity contribution in [3.8, 4) is 0 Å². The van der Waals surface area contributed by atoms with E-state index in [2.05, 4.69) is 15.2 Å². The Hall–Kier alpha value is -2.45. The van der Waals surface area contributed by atoms with Crippen molar-refractivity contribution in [2.45, 2.75) is 25.7 Å². The molecule has 0 radical (unpaired) electrons. The molecule has 0 bridgehead atoms. The van der Waals surface area contributed by atoms with Crippen LogP contribution in [-0.4, -0.2) is 83.5 Å². The van der Waals surface area contributed by atoms with E-state index >= 15 is 0 Å². The molecule has 156 valence electrons. The fourth-order valence-corrected chi connectivity index (χ4v) is 4.01. The lowest BCUT2D eigenvalue weighted by Gasteiger charge is -2.26. The van der Waals surface area contributed by atoms with E-state index < -0.39 is 0 Å². The first-order valence-electron chi connectivity index (χ1n) is 10.6. The Morgan fingerprint density at radius 2 is 1.79 bits per heavy atom. The van der Waals surface area contributed by atoms with Crippen LogP contribution in [0.4, 0.5) is 0 Å². The summed E-state index contributed by atoms with van der Waals surface area (Å²) < 4.78 is 7.07. The summed E-state index contributed by atoms with van der Waals surface area (Å²) in [5.74, 6) is -0.0712. The molecule has 2 saturated heterocycles. The van der Waals surface area contributed by atoms with Crippen molar-refractivity contribution in [3.05, 3.63) is 35.9 Å². The maximum atomic E-state index is 13.1. The Bertz CT molecular complexity index is 851. The highest BCUT2D eigenvalue weighted by Gasteiger charge is 2.25. The van der Waals surface area contributed by atoms with Crippen molar-refractivity contribution in [1.29, 1.82) is 0 Å². The molecule has 0 aromatic carbocycles. The highest BCUT2D eigenvalue weighted by atomic mass is 16.5. The summed E-state index contributed by atoms with van der Waals surface area (Å²) in [6, 6.07) is 5.57. The Morgan fingerprint density at radius 1 is 1.03 bits per heavy atom. The molecule has 0 aliphatic carbocycles. The van der Waals surface area contributed by atoms with E-state index in [9.17, 15) is 9.59 Å². The van der Waals surface area contributed by atoms with Gasteiger partial charge in [0.05, 0.1) is 18.7 Å². The van der Waals surface area contributed by atoms with Crippen molar-refractivity contribution in [3.63, 3.8) is 0 Å². The number of aromatic nitrogens is 2. The number of ether oxygens (including phenoxy) is 1. The number of likely N-dealkylation sites (tertiary alicyclic amines) is 1. The number of carbonyl (C=O) groups excluding carboxylic acids is 2. The van der Waals surface area contributed by atoms with Crippen LogP contribution in [0.2, 0.25) is 0 Å². The number of pyridine rings is 1. The molecule has 0 unspecified atom stereocenters. The number of nitrogens with zero attached hydrogens (tertiary/aromatic N) is 4. The first-order chi connectivity index (χ1) is 14.2. The largest absolute Gasteiger partial charge is 0.379 e. The van der Waals surface area contributed by atoms with Crippen LogP contribution in [0, 0.1) is 0 Å². The lowest BCUT2D eigenvalue weighted by Crippen LogP contribution is -2.41. The summed E-state index contributed by atoms with van der Waals surface area (Å²) in [7, 11) is 0. The average Bonchev–Trinajstić information content (AvgIpc) is 2.93. The molecule has 8 nitrogen and oxygen atoms in total. The lowest BCUT2D eigenvalue weighted by molar-refractivity contribution is 0.0383. The van der Waals surface area contributed by atoms with Gasteiger partial charge in [-0.05, 0) is 25.0 Å². The number of amides is 2. The minimum atomic E-state index is -0.255. The van der Waals surface area contributed by atoms with E-state index in [4.69, 9.17) is 4.74 Å². The molecule has 2 aliphatic rings. The molecule has 1 N–H and O–H groups in total. The van der Waals surface area contributed by atoms with Gasteiger partial charge >= 0.3 is 0 Å². The number of hydrogen-bond acceptors (Lipinski definition) is 5. The summed E-state index contributed by atoms with van der Waals surface area (Å²) >= 11 is 0. The highest BCUT2D eigenvalue weighted by Crippen LogP contribution is 2.18. The summed E-state index contributed by atoms with van der Waals surface area (Å²) in [6.45, 7) is 6.07. The van der Waals surface area contributed by atoms with Gasteiger partial charge in [0.25, 0.3) is 11.8 Å². The number of fused-ring (bicyclic) bond motifs is 1. The number of rotatable bonds is 5. The van der Waals surface area contributed by atoms with Gasteiger partial charge in [0.15, 0.2) is 5.69 Å². The standard InChI is InChI=1S/C21H29N5O3/c27-20(22-8-12-24-13-15-29-16-14-24)19-23-18(17-7-3-6-11-26(17)19)21(28)25-9-4-1-2-5-10-25/h3,6-7,11H,1-2,4-5,8-10,12-16H2,(H,22,27). The van der Waals surface area contributed by atoms with Gasteiger partial charge in [0, 0.05) is 45.5 Å². The minimum Gasteiger partial charge on any atom is -0.379 e. The third kappa shape index (κ3) is 4.59. The molecule has 0 spiro atoms. The summed E-state index contributed by atoms with van der Waals surface area (Å²) in [5.41, 5.74) is 1.05. The predicted octanol–water partition coefficient (Wildman–Crippen LogP) is 1.41. The maximum absolute atomic E-state index is 13.1. The van der Waals surface area contributed by atoms with E-state index in [1.807, 2.05) is 23.1 Å². The molecule has 2 aromatic heterocycles. The summed E-state index contributed by atoms with van der Waals surface area (Å²) in [4.78, 5) is 34.6. The van der Waals surface area contributed by atoms with Crippen molar-refractivity contribution in [2.75, 3.05) is 52.5 Å². The third-order valence-corrected chi connectivity index (χ3v) is 5.66. The minimum absolute atomic E-state index is 0.0806. The molecule has 2 aromatic rings. The quantitative estimate of drug-likeness (QED) is 0.823. The molecule has 0 atom stereocenters. The van der Waals surface area contributed by atoms with E-state index in [-0.39, 0.29) is 17.6 Å². The van der Waals surface area contributed by atoms with Crippen LogP contribution in [0.1, 0.15) is 46.8 Å². The lowest BCUT2D eigenvalue weighted by atomic mass is 10.2. The van der Waals surface area contributed by atoms with E-state index in [1.165, 1.54) is 0 Å². The molecule has 4 rings (SSSR count). The van der Waals surface area contributed by atoms with Crippen LogP contribution in [0.15, 0.2) is 24.4 Å². The van der Waals surface area contributed by atoms with Crippen molar-refractivity contribution < 1.29 is 14.3 Å². The molecule has 2 aliphatic heterocycles. The molecule has 29 heavy (non-hydrogen) atoms. The second-order valence-corrected chi connectivity index (χ2v) is 7.66. The van der Waals surface area contributed by atoms with Crippen molar-refractivity contribution >= 4 is 17.3 Å². The van der Waals surface area contributed by atoms with Crippen LogP contribution in [-0.2, 0) is 4.74 Å². The number of imidazole rings is 1. The van der Waals surface area contributed by atoms with Gasteiger partial charge in [-0.3, -0.25) is 18.9 Å². The Kier molecular flexibility index (Phi) is 6.41. The number of carbonyl (C=O) groups is 2. The Morgan fingerprint density at radius 3 is 2.55 bits per heavy atom. The maximum Gasteiger partial charge on any atom is 0.287 e. The molecule has 2 fully saturated rings. The van der Waals surface area contributed by atoms with Gasteiger partial charge in [-0.15, -0.1) is 0 Å². The molecule has 0 saturated carbocycles. The molecule has 4 heterocycles. The zero-order chi connectivity index (χ0) is 20.1. The summed E-state index contributed by atoms with van der Waals surface area (Å²) in [6.07, 6.45) is 6.15. The second kappa shape index (κ2) is 9.37. The predicted molar refractivity (Wildman–Crippen MR) is 109 cm³/mol. The fraction of sp³-hybridized carbons (Fsp3) is 0.571. The monoisotopic (exact) mass is 399 g/mol. The Balaban J connectivity index is 1.49. The van der Waals surface area contributed by atoms with Crippen LogP contribution in [0.25, 0.3) is 5.52 Å². The number of nitrogens with one attached hydrogen (secondary N) is 1. The zero-order valence-corrected chi connectivity index (χ0v) is 16.8. The SMILES string of the molecule is O=C(NCCN1CCOCC1)c1nc(C(=O)N2CCCCCC2)c2ccccn12. The number of hydrogen-bond donors (Lipinski definition) is 1. The van der Waals surface area contributed by atoms with E-state index in [0.717, 1.165) is 71.6 Å². The van der Waals surface area contributed by atoms with Gasteiger partial charge < -0.3 is 15.0 Å². The van der Waals surface area contributed by atoms with Crippen molar-refractivity contribution in [1.82, 2.24) is 24.5 Å².